The average Bonchev–Trinajstić information content (AvgIpc) is 3.40. The van der Waals surface area contributed by atoms with E-state index in [1.807, 2.05) is 0 Å². The van der Waals surface area contributed by atoms with Crippen molar-refractivity contribution < 1.29 is 20.2 Å². The fourth-order valence-corrected chi connectivity index (χ4v) is 24.0. The van der Waals surface area contributed by atoms with E-state index in [0.717, 1.165) is 44.0 Å². The molecule has 0 spiro atoms. The molecule has 0 radical (unpaired) electrons. The second kappa shape index (κ2) is 55.9. The van der Waals surface area contributed by atoms with Gasteiger partial charge >= 0.3 is 469 Å². The molecule has 4 nitrogen and oxygen atoms in total. The Labute approximate surface area is 466 Å². The van der Waals surface area contributed by atoms with Gasteiger partial charge in [-0.15, -0.1) is 0 Å². The van der Waals surface area contributed by atoms with Crippen LogP contribution in [0.5, 0.6) is 0 Å². The van der Waals surface area contributed by atoms with Gasteiger partial charge < -0.3 is 0 Å². The van der Waals surface area contributed by atoms with Crippen LogP contribution in [-0.2, 0) is 16.5 Å². The monoisotopic (exact) mass is 1070 g/mol. The number of hydrogen-bond acceptors (Lipinski definition) is 4. The summed E-state index contributed by atoms with van der Waals surface area (Å²) in [5, 5.41) is 0. The van der Waals surface area contributed by atoms with E-state index in [1.54, 1.807) is 0 Å². The zero-order valence-corrected chi connectivity index (χ0v) is 54.1. The zero-order chi connectivity index (χ0) is 53.5. The normalized spacial score (nSPS) is 13.3. The van der Waals surface area contributed by atoms with E-state index < -0.39 is 16.5 Å². The molecular formula is C68H144N3OTi. The molecule has 0 amide bonds. The number of hydrogen-bond donors (Lipinski definition) is 1. The van der Waals surface area contributed by atoms with Crippen molar-refractivity contribution in [3.8, 4) is 0 Å². The number of nitrogens with zero attached hydrogens (tertiary/aromatic N) is 3. The van der Waals surface area contributed by atoms with Crippen molar-refractivity contribution >= 4 is 0 Å². The van der Waals surface area contributed by atoms with E-state index in [0.29, 0.717) is 5.92 Å². The summed E-state index contributed by atoms with van der Waals surface area (Å²) in [6.07, 6.45) is 70.6. The van der Waals surface area contributed by atoms with Crippen LogP contribution in [0.3, 0.4) is 0 Å². The van der Waals surface area contributed by atoms with Crippen LogP contribution in [0.1, 0.15) is 389 Å². The summed E-state index contributed by atoms with van der Waals surface area (Å²) in [6.45, 7) is 25.8. The summed E-state index contributed by atoms with van der Waals surface area (Å²) in [5.41, 5.74) is 0. The van der Waals surface area contributed by atoms with E-state index in [1.165, 1.54) is 334 Å². The summed E-state index contributed by atoms with van der Waals surface area (Å²) >= 11 is -4.99. The van der Waals surface area contributed by atoms with Crippen molar-refractivity contribution in [2.45, 2.75) is 394 Å². The molecule has 0 aromatic carbocycles. The van der Waals surface area contributed by atoms with Gasteiger partial charge in [-0.3, -0.25) is 0 Å². The third kappa shape index (κ3) is 38.7. The molecule has 0 heterocycles. The first kappa shape index (κ1) is 73.6. The predicted octanol–water partition coefficient (Wildman–Crippen LogP) is 23.7. The van der Waals surface area contributed by atoms with Crippen molar-refractivity contribution in [3.05, 3.63) is 0 Å². The Morgan fingerprint density at radius 3 is 0.562 bits per heavy atom. The molecule has 0 bridgehead atoms. The van der Waals surface area contributed by atoms with Crippen molar-refractivity contribution in [3.63, 3.8) is 0 Å². The quantitative estimate of drug-likeness (QED) is 0.0486. The molecule has 441 valence electrons. The molecule has 73 heavy (non-hydrogen) atoms. The minimum atomic E-state index is -4.99. The van der Waals surface area contributed by atoms with E-state index in [9.17, 15) is 0 Å². The molecule has 0 aromatic heterocycles. The molecule has 0 fully saturated rings. The Morgan fingerprint density at radius 1 is 0.233 bits per heavy atom. The fraction of sp³-hybridized carbons (Fsp3) is 1.00. The minimum absolute atomic E-state index is 0.598. The van der Waals surface area contributed by atoms with Gasteiger partial charge in [0.25, 0.3) is 0 Å². The second-order valence-corrected chi connectivity index (χ2v) is 32.1. The standard InChI is InChI=1S/3C20H42N.C8H17.H2O.Ti/c3*1-3-5-7-9-11-13-15-17-19-21-20-18-16-14-12-10-8-6-4-2;1-4-6-7-8(3)5-2;;/h3*3-20H2,1-2H3;8H,3-7H2,1-2H3;1H2;/q3*-1;;;+4/p-1. The van der Waals surface area contributed by atoms with Crippen LogP contribution in [0.25, 0.3) is 0 Å². The molecule has 5 heteroatoms. The molecule has 0 aliphatic heterocycles. The number of rotatable bonds is 63. The van der Waals surface area contributed by atoms with Crippen LogP contribution in [0, 0.1) is 5.92 Å². The molecule has 1 unspecified atom stereocenters. The van der Waals surface area contributed by atoms with Gasteiger partial charge in [0.05, 0.1) is 0 Å². The predicted molar refractivity (Wildman–Crippen MR) is 331 cm³/mol. The van der Waals surface area contributed by atoms with Gasteiger partial charge in [-0.05, 0) is 0 Å². The third-order valence-electron chi connectivity index (χ3n) is 17.8. The summed E-state index contributed by atoms with van der Waals surface area (Å²) in [5.74, 6) is 0.598. The molecule has 0 aliphatic carbocycles. The Morgan fingerprint density at radius 2 is 0.397 bits per heavy atom. The van der Waals surface area contributed by atoms with E-state index in [-0.39, 0.29) is 0 Å². The van der Waals surface area contributed by atoms with Crippen LogP contribution >= 0.6 is 0 Å². The molecule has 0 aromatic rings. The van der Waals surface area contributed by atoms with Crippen molar-refractivity contribution in [1.29, 1.82) is 0 Å². The molecular weight excluding hydrogens is 923 g/mol. The second-order valence-electron chi connectivity index (χ2n) is 24.7. The maximum absolute atomic E-state index is 15.9. The molecule has 0 aliphatic rings. The Kier molecular flexibility index (Phi) is 56.3. The Balaban J connectivity index is 7.78. The molecule has 0 saturated heterocycles. The first-order valence-electron chi connectivity index (χ1n) is 35.0. The van der Waals surface area contributed by atoms with Gasteiger partial charge in [0.1, 0.15) is 0 Å². The van der Waals surface area contributed by atoms with Crippen LogP contribution < -0.4 is 0 Å². The summed E-state index contributed by atoms with van der Waals surface area (Å²) in [7, 11) is 0. The van der Waals surface area contributed by atoms with Gasteiger partial charge in [-0.25, -0.2) is 0 Å². The first-order valence-corrected chi connectivity index (χ1v) is 38.9. The van der Waals surface area contributed by atoms with Crippen LogP contribution in [0.4, 0.5) is 0 Å². The summed E-state index contributed by atoms with van der Waals surface area (Å²) in [4.78, 5) is 0. The maximum atomic E-state index is 15.9. The van der Waals surface area contributed by atoms with Crippen molar-refractivity contribution in [2.24, 2.45) is 5.92 Å². The van der Waals surface area contributed by atoms with Crippen LogP contribution in [-0.4, -0.2) is 53.1 Å². The number of unbranched alkanes of at least 4 members (excludes halogenated alkanes) is 43. The molecule has 0 saturated carbocycles. The van der Waals surface area contributed by atoms with E-state index in [2.05, 4.69) is 65.5 Å². The Hall–Kier alpha value is 0.554. The van der Waals surface area contributed by atoms with Gasteiger partial charge in [-0.2, -0.15) is 0 Å². The van der Waals surface area contributed by atoms with Gasteiger partial charge in [0, 0.05) is 0 Å². The molecule has 1 N–H and O–H groups in total. The fourth-order valence-electron chi connectivity index (χ4n) is 12.8. The SMILES string of the molecule is CCCCCCCCCC[N](CCCCCCCCCC)[Ti]([OH])([CH2]C(CC)CCCC)([N](CCCCCCCCCC)CCCCCCCCCC)[N](CCCCCCCCCC)CCCCCCCCCC. The van der Waals surface area contributed by atoms with E-state index in [4.69, 9.17) is 0 Å². The van der Waals surface area contributed by atoms with Crippen LogP contribution in [0.2, 0.25) is 4.73 Å². The van der Waals surface area contributed by atoms with Gasteiger partial charge in [0.15, 0.2) is 0 Å². The molecule has 1 atom stereocenters. The third-order valence-corrected chi connectivity index (χ3v) is 28.0. The summed E-state index contributed by atoms with van der Waals surface area (Å²) < 4.78 is 26.2. The first-order chi connectivity index (χ1) is 35.9. The molecule has 0 rings (SSSR count). The summed E-state index contributed by atoms with van der Waals surface area (Å²) in [6, 6.07) is 0. The van der Waals surface area contributed by atoms with Gasteiger partial charge in [0.2, 0.25) is 0 Å². The zero-order valence-electron chi connectivity index (χ0n) is 52.6. The van der Waals surface area contributed by atoms with Crippen molar-refractivity contribution in [1.82, 2.24) is 10.1 Å². The Bertz CT molecular complexity index is 886. The average molecular weight is 1070 g/mol. The van der Waals surface area contributed by atoms with Crippen LogP contribution in [0.15, 0.2) is 0 Å². The van der Waals surface area contributed by atoms with Crippen molar-refractivity contribution in [2.75, 3.05) is 39.3 Å². The van der Waals surface area contributed by atoms with E-state index >= 15 is 3.69 Å². The van der Waals surface area contributed by atoms with Gasteiger partial charge in [-0.1, -0.05) is 0 Å². The topological polar surface area (TPSA) is 30.0 Å².